The Hall–Kier alpha value is -0.551. The summed E-state index contributed by atoms with van der Waals surface area (Å²) in [6.45, 7) is -0.750. The third-order valence-corrected chi connectivity index (χ3v) is 0. The van der Waals surface area contributed by atoms with E-state index in [1.165, 1.54) is 0 Å². The van der Waals surface area contributed by atoms with Gasteiger partial charge in [-0.15, -0.1) is 0 Å². The molecule has 70 valence electrons. The molecule has 0 fully saturated rings. The zero-order valence-electron chi connectivity index (χ0n) is 5.01. The van der Waals surface area contributed by atoms with Crippen LogP contribution < -0.4 is 0 Å². The summed E-state index contributed by atoms with van der Waals surface area (Å²) in [5, 5.41) is 20.7. The van der Waals surface area contributed by atoms with Gasteiger partial charge < -0.3 is 15.3 Å². The topological polar surface area (TPSA) is 112 Å². The van der Waals surface area contributed by atoms with Crippen LogP contribution in [0, 0.1) is 0 Å². The van der Waals surface area contributed by atoms with Crippen LogP contribution in [0.3, 0.4) is 0 Å². The van der Waals surface area contributed by atoms with Gasteiger partial charge in [0.2, 0.25) is 0 Å². The molecule has 8 heteroatoms. The molecular weight excluding hydrogens is 244 g/mol. The predicted octanol–water partition coefficient (Wildman–Crippen LogP) is -0.903. The van der Waals surface area contributed by atoms with Gasteiger partial charge in [0.05, 0.1) is 0 Å². The fourth-order valence-corrected chi connectivity index (χ4v) is 0. The number of carbonyl (C=O) groups is 3. The van der Waals surface area contributed by atoms with Crippen molar-refractivity contribution in [1.82, 2.24) is 0 Å². The first-order valence-electron chi connectivity index (χ1n) is 1.48. The van der Waals surface area contributed by atoms with Gasteiger partial charge in [-0.3, -0.25) is 14.4 Å². The van der Waals surface area contributed by atoms with Gasteiger partial charge in [0, 0.05) is 34.1 Å². The molecule has 0 spiro atoms. The molecule has 0 saturated heterocycles. The van der Waals surface area contributed by atoms with Crippen molar-refractivity contribution in [2.45, 2.75) is 0 Å². The van der Waals surface area contributed by atoms with Gasteiger partial charge >= 0.3 is 0 Å². The molecule has 0 radical (unpaired) electrons. The van der Waals surface area contributed by atoms with Crippen molar-refractivity contribution in [2.75, 3.05) is 0 Å². The second-order valence-corrected chi connectivity index (χ2v) is 0.316. The van der Waals surface area contributed by atoms with E-state index in [9.17, 15) is 0 Å². The van der Waals surface area contributed by atoms with Crippen LogP contribution in [-0.4, -0.2) is 34.7 Å². The maximum atomic E-state index is 8.36. The first kappa shape index (κ1) is 31.4. The van der Waals surface area contributed by atoms with Crippen molar-refractivity contribution >= 4 is 19.4 Å². The largest absolute Gasteiger partial charge is 0.483 e. The third-order valence-electron chi connectivity index (χ3n) is 0. The van der Waals surface area contributed by atoms with E-state index in [4.69, 9.17) is 29.7 Å². The molecule has 0 unspecified atom stereocenters. The quantitative estimate of drug-likeness (QED) is 0.379. The van der Waals surface area contributed by atoms with Crippen molar-refractivity contribution in [3.05, 3.63) is 0 Å². The monoisotopic (exact) mass is 250 g/mol. The van der Waals surface area contributed by atoms with E-state index in [1.54, 1.807) is 0 Å². The van der Waals surface area contributed by atoms with E-state index in [1.807, 2.05) is 0 Å². The summed E-state index contributed by atoms with van der Waals surface area (Å²) < 4.78 is 0. The Bertz CT molecular complexity index is 52.6. The van der Waals surface area contributed by atoms with Crippen molar-refractivity contribution in [1.29, 1.82) is 0 Å². The molecular formula is C3H6Fe2O6. The van der Waals surface area contributed by atoms with Crippen LogP contribution in [-0.2, 0) is 48.5 Å². The zero-order valence-corrected chi connectivity index (χ0v) is 7.21. The van der Waals surface area contributed by atoms with Crippen LogP contribution in [0.15, 0.2) is 0 Å². The fraction of sp³-hybridized carbons (Fsp3) is 0. The fourth-order valence-electron chi connectivity index (χ4n) is 0. The molecule has 0 aromatic carbocycles. The molecule has 0 heterocycles. The molecule has 0 aliphatic rings. The summed E-state index contributed by atoms with van der Waals surface area (Å²) >= 11 is 0. The van der Waals surface area contributed by atoms with Crippen molar-refractivity contribution in [2.24, 2.45) is 0 Å². The van der Waals surface area contributed by atoms with Crippen LogP contribution in [0.4, 0.5) is 0 Å². The van der Waals surface area contributed by atoms with Gasteiger partial charge in [-0.1, -0.05) is 0 Å². The maximum Gasteiger partial charge on any atom is 0.290 e. The second-order valence-electron chi connectivity index (χ2n) is 0.316. The molecule has 11 heavy (non-hydrogen) atoms. The van der Waals surface area contributed by atoms with Crippen molar-refractivity contribution in [3.8, 4) is 0 Å². The van der Waals surface area contributed by atoms with E-state index in [0.717, 1.165) is 0 Å². The summed E-state index contributed by atoms with van der Waals surface area (Å²) in [5.41, 5.74) is 0. The standard InChI is InChI=1S/3CH2O2.2Fe/c3*2-1-3;;/h3*1H,(H,2,3);;. The Kier molecular flexibility index (Phi) is 321. The molecule has 6 nitrogen and oxygen atoms in total. The summed E-state index contributed by atoms with van der Waals surface area (Å²) in [6, 6.07) is 0. The Morgan fingerprint density at radius 1 is 0.636 bits per heavy atom. The second kappa shape index (κ2) is 112. The van der Waals surface area contributed by atoms with E-state index < -0.39 is 0 Å². The normalized spacial score (nSPS) is 3.27. The summed E-state index contributed by atoms with van der Waals surface area (Å²) in [6.07, 6.45) is 0. The molecule has 0 amide bonds. The third kappa shape index (κ3) is 1730. The molecule has 0 aliphatic heterocycles. The minimum absolute atomic E-state index is 0. The zero-order chi connectivity index (χ0) is 8.12. The average molecular weight is 250 g/mol. The number of carboxylic acid groups (broad SMARTS) is 3. The van der Waals surface area contributed by atoms with Gasteiger partial charge in [0.25, 0.3) is 19.4 Å². The Morgan fingerprint density at radius 3 is 0.636 bits per heavy atom. The van der Waals surface area contributed by atoms with Gasteiger partial charge in [-0.25, -0.2) is 0 Å². The van der Waals surface area contributed by atoms with E-state index in [0.29, 0.717) is 0 Å². The van der Waals surface area contributed by atoms with Crippen LogP contribution in [0.25, 0.3) is 0 Å². The first-order valence-corrected chi connectivity index (χ1v) is 1.48. The number of hydrogen-bond donors (Lipinski definition) is 3. The van der Waals surface area contributed by atoms with Crippen molar-refractivity contribution in [3.63, 3.8) is 0 Å². The summed E-state index contributed by atoms with van der Waals surface area (Å²) in [5.74, 6) is 0. The molecule has 0 saturated carbocycles. The number of hydrogen-bond acceptors (Lipinski definition) is 3. The summed E-state index contributed by atoms with van der Waals surface area (Å²) in [4.78, 5) is 25.1. The van der Waals surface area contributed by atoms with E-state index in [-0.39, 0.29) is 53.6 Å². The van der Waals surface area contributed by atoms with Gasteiger partial charge in [0.1, 0.15) is 0 Å². The first-order chi connectivity index (χ1) is 4.24. The minimum atomic E-state index is -0.250. The van der Waals surface area contributed by atoms with Crippen LogP contribution in [0.5, 0.6) is 0 Å². The van der Waals surface area contributed by atoms with E-state index in [2.05, 4.69) is 0 Å². The molecule has 0 rings (SSSR count). The Morgan fingerprint density at radius 2 is 0.636 bits per heavy atom. The Balaban J connectivity index is -0.0000000150. The van der Waals surface area contributed by atoms with Crippen LogP contribution >= 0.6 is 0 Å². The average Bonchev–Trinajstić information content (AvgIpc) is 1.70. The van der Waals surface area contributed by atoms with Crippen molar-refractivity contribution < 1.29 is 63.8 Å². The molecule has 0 aromatic rings. The van der Waals surface area contributed by atoms with Gasteiger partial charge in [-0.2, -0.15) is 0 Å². The van der Waals surface area contributed by atoms with Gasteiger partial charge in [0.15, 0.2) is 0 Å². The predicted molar refractivity (Wildman–Crippen MR) is 26.1 cm³/mol. The Labute approximate surface area is 83.5 Å². The summed E-state index contributed by atoms with van der Waals surface area (Å²) in [7, 11) is 0. The van der Waals surface area contributed by atoms with Crippen LogP contribution in [0.1, 0.15) is 0 Å². The molecule has 0 aliphatic carbocycles. The smallest absolute Gasteiger partial charge is 0.290 e. The SMILES string of the molecule is O=CO.O=CO.O=CO.[Fe].[Fe]. The number of rotatable bonds is 0. The van der Waals surface area contributed by atoms with Crippen LogP contribution in [0.2, 0.25) is 0 Å². The van der Waals surface area contributed by atoms with Gasteiger partial charge in [-0.05, 0) is 0 Å². The minimum Gasteiger partial charge on any atom is -0.483 e. The maximum absolute atomic E-state index is 8.36. The molecule has 0 aromatic heterocycles. The molecule has 0 bridgehead atoms. The molecule has 0 atom stereocenters. The van der Waals surface area contributed by atoms with E-state index >= 15 is 0 Å². The molecule has 3 N–H and O–H groups in total.